The third-order valence-corrected chi connectivity index (χ3v) is 3.76. The number of anilines is 1. The Balaban J connectivity index is 2.28. The number of hydrogen-bond acceptors (Lipinski definition) is 5. The Bertz CT molecular complexity index is 641. The number of nitrogens with zero attached hydrogens (tertiary/aromatic N) is 3. The Morgan fingerprint density at radius 1 is 1.14 bits per heavy atom. The van der Waals surface area contributed by atoms with E-state index in [0.717, 1.165) is 17.8 Å². The minimum Gasteiger partial charge on any atom is -0.373 e. The molecule has 8 heteroatoms. The second kappa shape index (κ2) is 5.88. The fraction of sp³-hybridized carbons (Fsp3) is 0.308. The molecule has 112 valence electrons. The molecule has 2 aromatic rings. The van der Waals surface area contributed by atoms with Crippen LogP contribution in [0.2, 0.25) is 0 Å². The number of alkyl halides is 3. The van der Waals surface area contributed by atoms with E-state index >= 15 is 0 Å². The average Bonchev–Trinajstić information content (AvgIpc) is 2.42. The minimum atomic E-state index is -4.38. The van der Waals surface area contributed by atoms with Crippen LogP contribution in [0, 0.1) is 13.8 Å². The van der Waals surface area contributed by atoms with Crippen molar-refractivity contribution in [2.75, 3.05) is 12.4 Å². The molecule has 0 aliphatic rings. The van der Waals surface area contributed by atoms with Gasteiger partial charge in [-0.25, -0.2) is 15.0 Å². The highest BCUT2D eigenvalue weighted by molar-refractivity contribution is 7.99. The normalized spacial score (nSPS) is 11.5. The molecule has 0 atom stereocenters. The maximum atomic E-state index is 12.5. The number of aryl methyl sites for hydroxylation is 1. The van der Waals surface area contributed by atoms with Crippen molar-refractivity contribution in [3.8, 4) is 0 Å². The van der Waals surface area contributed by atoms with Gasteiger partial charge >= 0.3 is 6.18 Å². The summed E-state index contributed by atoms with van der Waals surface area (Å²) in [5.41, 5.74) is 0.0631. The van der Waals surface area contributed by atoms with Gasteiger partial charge in [-0.2, -0.15) is 13.2 Å². The van der Waals surface area contributed by atoms with Gasteiger partial charge in [0.2, 0.25) is 0 Å². The van der Waals surface area contributed by atoms with Crippen molar-refractivity contribution in [2.24, 2.45) is 0 Å². The van der Waals surface area contributed by atoms with E-state index in [1.54, 1.807) is 14.0 Å². The lowest BCUT2D eigenvalue weighted by Crippen LogP contribution is -2.05. The summed E-state index contributed by atoms with van der Waals surface area (Å²) >= 11 is 1.21. The molecule has 0 amide bonds. The lowest BCUT2D eigenvalue weighted by molar-refractivity contribution is -0.137. The van der Waals surface area contributed by atoms with Crippen LogP contribution < -0.4 is 5.32 Å². The van der Waals surface area contributed by atoms with Gasteiger partial charge in [-0.3, -0.25) is 0 Å². The Morgan fingerprint density at radius 3 is 2.38 bits per heavy atom. The van der Waals surface area contributed by atoms with E-state index in [2.05, 4.69) is 20.3 Å². The monoisotopic (exact) mass is 314 g/mol. The highest BCUT2D eigenvalue weighted by Gasteiger charge is 2.30. The SMILES string of the molecule is CNc1nc(C)nc(Sc2ccc(C(F)(F)F)cn2)c1C. The largest absolute Gasteiger partial charge is 0.417 e. The number of aromatic nitrogens is 3. The molecule has 2 heterocycles. The van der Waals surface area contributed by atoms with E-state index in [0.29, 0.717) is 21.7 Å². The first-order valence-corrected chi connectivity index (χ1v) is 6.87. The maximum Gasteiger partial charge on any atom is 0.417 e. The molecule has 0 aliphatic carbocycles. The summed E-state index contributed by atoms with van der Waals surface area (Å²) in [5, 5.41) is 4.07. The zero-order chi connectivity index (χ0) is 15.6. The van der Waals surface area contributed by atoms with Crippen molar-refractivity contribution >= 4 is 17.6 Å². The van der Waals surface area contributed by atoms with Gasteiger partial charge < -0.3 is 5.32 Å². The number of pyridine rings is 1. The number of rotatable bonds is 3. The Kier molecular flexibility index (Phi) is 4.36. The molecule has 0 saturated carbocycles. The van der Waals surface area contributed by atoms with Gasteiger partial charge in [-0.05, 0) is 37.7 Å². The molecule has 0 spiro atoms. The lowest BCUT2D eigenvalue weighted by atomic mass is 10.3. The molecule has 0 fully saturated rings. The summed E-state index contributed by atoms with van der Waals surface area (Å²) in [5.74, 6) is 1.27. The van der Waals surface area contributed by atoms with Gasteiger partial charge in [0.1, 0.15) is 21.7 Å². The van der Waals surface area contributed by atoms with Crippen molar-refractivity contribution in [2.45, 2.75) is 30.1 Å². The lowest BCUT2D eigenvalue weighted by Gasteiger charge is -2.10. The predicted molar refractivity (Wildman–Crippen MR) is 74.4 cm³/mol. The van der Waals surface area contributed by atoms with Crippen LogP contribution in [0.4, 0.5) is 19.0 Å². The number of nitrogens with one attached hydrogen (secondary N) is 1. The van der Waals surface area contributed by atoms with Gasteiger partial charge in [-0.15, -0.1) is 0 Å². The van der Waals surface area contributed by atoms with Crippen LogP contribution in [0.3, 0.4) is 0 Å². The molecule has 2 rings (SSSR count). The highest BCUT2D eigenvalue weighted by Crippen LogP contribution is 2.33. The van der Waals surface area contributed by atoms with Crippen molar-refractivity contribution in [3.05, 3.63) is 35.3 Å². The van der Waals surface area contributed by atoms with Crippen molar-refractivity contribution in [1.82, 2.24) is 15.0 Å². The van der Waals surface area contributed by atoms with Crippen LogP contribution >= 0.6 is 11.8 Å². The van der Waals surface area contributed by atoms with E-state index in [1.165, 1.54) is 17.8 Å². The van der Waals surface area contributed by atoms with Crippen LogP contribution in [0.15, 0.2) is 28.4 Å². The molecular weight excluding hydrogens is 301 g/mol. The van der Waals surface area contributed by atoms with Crippen LogP contribution in [0.1, 0.15) is 17.0 Å². The molecule has 2 aromatic heterocycles. The third kappa shape index (κ3) is 3.63. The molecule has 0 unspecified atom stereocenters. The van der Waals surface area contributed by atoms with Crippen molar-refractivity contribution < 1.29 is 13.2 Å². The number of halogens is 3. The van der Waals surface area contributed by atoms with E-state index in [1.807, 2.05) is 6.92 Å². The fourth-order valence-electron chi connectivity index (χ4n) is 1.65. The first-order valence-electron chi connectivity index (χ1n) is 6.05. The average molecular weight is 314 g/mol. The molecule has 1 N–H and O–H groups in total. The predicted octanol–water partition coefficient (Wildman–Crippen LogP) is 3.70. The second-order valence-electron chi connectivity index (χ2n) is 4.28. The van der Waals surface area contributed by atoms with E-state index in [4.69, 9.17) is 0 Å². The first kappa shape index (κ1) is 15.6. The Labute approximate surface area is 124 Å². The van der Waals surface area contributed by atoms with E-state index in [-0.39, 0.29) is 0 Å². The summed E-state index contributed by atoms with van der Waals surface area (Å²) in [6.45, 7) is 3.60. The number of hydrogen-bond donors (Lipinski definition) is 1. The maximum absolute atomic E-state index is 12.5. The summed E-state index contributed by atoms with van der Waals surface area (Å²) in [4.78, 5) is 12.4. The molecule has 0 aliphatic heterocycles. The quantitative estimate of drug-likeness (QED) is 0.876. The Morgan fingerprint density at radius 2 is 1.86 bits per heavy atom. The smallest absolute Gasteiger partial charge is 0.373 e. The highest BCUT2D eigenvalue weighted by atomic mass is 32.2. The summed E-state index contributed by atoms with van der Waals surface area (Å²) in [6, 6.07) is 2.35. The van der Waals surface area contributed by atoms with Gasteiger partial charge in [0.25, 0.3) is 0 Å². The summed E-state index contributed by atoms with van der Waals surface area (Å²) in [7, 11) is 1.75. The Hall–Kier alpha value is -1.83. The topological polar surface area (TPSA) is 50.7 Å². The van der Waals surface area contributed by atoms with Crippen molar-refractivity contribution in [1.29, 1.82) is 0 Å². The fourth-order valence-corrected chi connectivity index (χ4v) is 2.52. The zero-order valence-corrected chi connectivity index (χ0v) is 12.4. The van der Waals surface area contributed by atoms with Gasteiger partial charge in [0.05, 0.1) is 5.56 Å². The van der Waals surface area contributed by atoms with Gasteiger partial charge in [-0.1, -0.05) is 0 Å². The standard InChI is InChI=1S/C13H13F3N4S/c1-7-11(17-3)19-8(2)20-12(7)21-10-5-4-9(6-18-10)13(14,15)16/h4-6H,1-3H3,(H,17,19,20). The van der Waals surface area contributed by atoms with E-state index < -0.39 is 11.7 Å². The van der Waals surface area contributed by atoms with Crippen LogP contribution in [0.25, 0.3) is 0 Å². The minimum absolute atomic E-state index is 0.450. The second-order valence-corrected chi connectivity index (χ2v) is 5.29. The van der Waals surface area contributed by atoms with Crippen LogP contribution in [0.5, 0.6) is 0 Å². The first-order chi connectivity index (χ1) is 9.81. The molecule has 0 bridgehead atoms. The third-order valence-electron chi connectivity index (χ3n) is 2.71. The zero-order valence-electron chi connectivity index (χ0n) is 11.6. The summed E-state index contributed by atoms with van der Waals surface area (Å²) in [6.07, 6.45) is -3.55. The molecule has 0 aromatic carbocycles. The molecule has 0 radical (unpaired) electrons. The van der Waals surface area contributed by atoms with E-state index in [9.17, 15) is 13.2 Å². The molecule has 0 saturated heterocycles. The molecule has 21 heavy (non-hydrogen) atoms. The molecular formula is C13H13F3N4S. The van der Waals surface area contributed by atoms with Gasteiger partial charge in [0, 0.05) is 18.8 Å². The van der Waals surface area contributed by atoms with Gasteiger partial charge in [0.15, 0.2) is 0 Å². The summed E-state index contributed by atoms with van der Waals surface area (Å²) < 4.78 is 37.5. The molecule has 4 nitrogen and oxygen atoms in total. The van der Waals surface area contributed by atoms with Crippen molar-refractivity contribution in [3.63, 3.8) is 0 Å². The van der Waals surface area contributed by atoms with Crippen LogP contribution in [-0.4, -0.2) is 22.0 Å². The van der Waals surface area contributed by atoms with Crippen LogP contribution in [-0.2, 0) is 6.18 Å².